The van der Waals surface area contributed by atoms with Gasteiger partial charge in [-0.05, 0) is 36.1 Å². The zero-order chi connectivity index (χ0) is 19.7. The molecule has 2 amide bonds. The smallest absolute Gasteiger partial charge is 0.254 e. The fraction of sp³-hybridized carbons (Fsp3) is 0.429. The van der Waals surface area contributed by atoms with Gasteiger partial charge in [-0.3, -0.25) is 9.59 Å². The normalized spacial score (nSPS) is 22.3. The van der Waals surface area contributed by atoms with Crippen molar-refractivity contribution in [2.24, 2.45) is 5.92 Å². The molecule has 2 aliphatic heterocycles. The molecule has 2 fully saturated rings. The third kappa shape index (κ3) is 3.90. The second-order valence-corrected chi connectivity index (χ2v) is 9.93. The van der Waals surface area contributed by atoms with Crippen LogP contribution in [0.3, 0.4) is 0 Å². The van der Waals surface area contributed by atoms with Crippen molar-refractivity contribution < 1.29 is 18.0 Å². The van der Waals surface area contributed by atoms with Crippen molar-refractivity contribution >= 4 is 32.4 Å². The molecule has 1 N–H and O–H groups in total. The number of likely N-dealkylation sites (tertiary alicyclic amines) is 1. The number of nitrogens with one attached hydrogen (secondary N) is 1. The quantitative estimate of drug-likeness (QED) is 0.854. The molecule has 6 nitrogen and oxygen atoms in total. The summed E-state index contributed by atoms with van der Waals surface area (Å²) in [6.45, 7) is 1.06. The first-order valence-electron chi connectivity index (χ1n) is 9.71. The number of nitrogens with zero attached hydrogens (tertiary/aromatic N) is 1. The third-order valence-corrected chi connectivity index (χ3v) is 7.52. The lowest BCUT2D eigenvalue weighted by atomic mass is 9.94. The van der Waals surface area contributed by atoms with Crippen LogP contribution in [0.5, 0.6) is 0 Å². The molecular weight excluding hydrogens is 376 g/mol. The largest absolute Gasteiger partial charge is 0.352 e. The van der Waals surface area contributed by atoms with Gasteiger partial charge in [0.2, 0.25) is 5.91 Å². The maximum Gasteiger partial charge on any atom is 0.254 e. The maximum absolute atomic E-state index is 13.0. The highest BCUT2D eigenvalue weighted by atomic mass is 32.2. The van der Waals surface area contributed by atoms with Crippen molar-refractivity contribution in [2.45, 2.75) is 25.3 Å². The van der Waals surface area contributed by atoms with Crippen molar-refractivity contribution in [3.8, 4) is 0 Å². The Balaban J connectivity index is 1.37. The number of carbonyl (C=O) groups is 2. The van der Waals surface area contributed by atoms with Gasteiger partial charge in [-0.1, -0.05) is 36.4 Å². The summed E-state index contributed by atoms with van der Waals surface area (Å²) in [4.78, 5) is 27.3. The average Bonchev–Trinajstić information content (AvgIpc) is 3.05. The highest BCUT2D eigenvalue weighted by Crippen LogP contribution is 2.24. The Morgan fingerprint density at radius 2 is 1.68 bits per heavy atom. The van der Waals surface area contributed by atoms with Gasteiger partial charge in [-0.2, -0.15) is 0 Å². The van der Waals surface area contributed by atoms with Gasteiger partial charge in [0.1, 0.15) is 0 Å². The van der Waals surface area contributed by atoms with Crippen LogP contribution in [0.2, 0.25) is 0 Å². The highest BCUT2D eigenvalue weighted by molar-refractivity contribution is 7.91. The number of carbonyl (C=O) groups excluding carboxylic acids is 2. The Labute approximate surface area is 164 Å². The van der Waals surface area contributed by atoms with E-state index in [4.69, 9.17) is 0 Å². The van der Waals surface area contributed by atoms with Gasteiger partial charge < -0.3 is 10.2 Å². The van der Waals surface area contributed by atoms with E-state index in [-0.39, 0.29) is 35.3 Å². The summed E-state index contributed by atoms with van der Waals surface area (Å²) < 4.78 is 23.1. The molecule has 2 aromatic carbocycles. The SMILES string of the molecule is O=C(NC1CCS(=O)(=O)C1)C1CCN(C(=O)c2cccc3ccccc23)CC1. The predicted octanol–water partition coefficient (Wildman–Crippen LogP) is 2.00. The molecule has 1 atom stereocenters. The van der Waals surface area contributed by atoms with Gasteiger partial charge in [-0.25, -0.2) is 8.42 Å². The molecular formula is C21H24N2O4S. The molecule has 2 saturated heterocycles. The minimum Gasteiger partial charge on any atom is -0.352 e. The van der Waals surface area contributed by atoms with Crippen LogP contribution >= 0.6 is 0 Å². The average molecular weight is 401 g/mol. The van der Waals surface area contributed by atoms with E-state index in [0.717, 1.165) is 10.8 Å². The van der Waals surface area contributed by atoms with Crippen molar-refractivity contribution in [1.82, 2.24) is 10.2 Å². The molecule has 2 aliphatic rings. The van der Waals surface area contributed by atoms with Crippen LogP contribution < -0.4 is 5.32 Å². The molecule has 0 bridgehead atoms. The summed E-state index contributed by atoms with van der Waals surface area (Å²) in [5, 5.41) is 4.86. The summed E-state index contributed by atoms with van der Waals surface area (Å²) in [7, 11) is -3.01. The van der Waals surface area contributed by atoms with E-state index in [0.29, 0.717) is 37.9 Å². The number of rotatable bonds is 3. The number of hydrogen-bond acceptors (Lipinski definition) is 4. The molecule has 7 heteroatoms. The van der Waals surface area contributed by atoms with E-state index in [9.17, 15) is 18.0 Å². The zero-order valence-corrected chi connectivity index (χ0v) is 16.5. The minimum atomic E-state index is -3.01. The Morgan fingerprint density at radius 3 is 2.39 bits per heavy atom. The van der Waals surface area contributed by atoms with Crippen LogP contribution in [-0.2, 0) is 14.6 Å². The molecule has 0 radical (unpaired) electrons. The second kappa shape index (κ2) is 7.54. The van der Waals surface area contributed by atoms with Crippen LogP contribution in [0.1, 0.15) is 29.6 Å². The fourth-order valence-corrected chi connectivity index (χ4v) is 5.83. The summed E-state index contributed by atoms with van der Waals surface area (Å²) in [6.07, 6.45) is 1.69. The second-order valence-electron chi connectivity index (χ2n) is 7.70. The first-order valence-corrected chi connectivity index (χ1v) is 11.5. The number of amides is 2. The molecule has 0 spiro atoms. The lowest BCUT2D eigenvalue weighted by Gasteiger charge is -2.32. The van der Waals surface area contributed by atoms with Gasteiger partial charge in [0.05, 0.1) is 11.5 Å². The van der Waals surface area contributed by atoms with Crippen LogP contribution in [0.15, 0.2) is 42.5 Å². The van der Waals surface area contributed by atoms with Gasteiger partial charge >= 0.3 is 0 Å². The maximum atomic E-state index is 13.0. The molecule has 0 aromatic heterocycles. The van der Waals surface area contributed by atoms with Crippen molar-refractivity contribution in [1.29, 1.82) is 0 Å². The highest BCUT2D eigenvalue weighted by Gasteiger charge is 2.33. The number of hydrogen-bond donors (Lipinski definition) is 1. The van der Waals surface area contributed by atoms with Gasteiger partial charge in [0.25, 0.3) is 5.91 Å². The van der Waals surface area contributed by atoms with Gasteiger partial charge in [0.15, 0.2) is 9.84 Å². The fourth-order valence-electron chi connectivity index (χ4n) is 4.15. The van der Waals surface area contributed by atoms with E-state index >= 15 is 0 Å². The zero-order valence-electron chi connectivity index (χ0n) is 15.6. The minimum absolute atomic E-state index is 0.00227. The summed E-state index contributed by atoms with van der Waals surface area (Å²) >= 11 is 0. The van der Waals surface area contributed by atoms with E-state index in [2.05, 4.69) is 5.32 Å². The first kappa shape index (κ1) is 18.9. The Morgan fingerprint density at radius 1 is 0.964 bits per heavy atom. The molecule has 4 rings (SSSR count). The Bertz CT molecular complexity index is 1000. The van der Waals surface area contributed by atoms with Crippen molar-refractivity contribution in [3.63, 3.8) is 0 Å². The van der Waals surface area contributed by atoms with E-state index < -0.39 is 9.84 Å². The molecule has 2 aromatic rings. The van der Waals surface area contributed by atoms with E-state index in [1.807, 2.05) is 47.4 Å². The van der Waals surface area contributed by atoms with E-state index in [1.54, 1.807) is 0 Å². The molecule has 0 aliphatic carbocycles. The molecule has 148 valence electrons. The van der Waals surface area contributed by atoms with Gasteiger partial charge in [0, 0.05) is 30.6 Å². The third-order valence-electron chi connectivity index (χ3n) is 5.75. The monoisotopic (exact) mass is 400 g/mol. The van der Waals surface area contributed by atoms with Crippen LogP contribution in [-0.4, -0.2) is 55.8 Å². The standard InChI is InChI=1S/C21H24N2O4S/c24-20(22-17-10-13-28(26,27)14-17)16-8-11-23(12-9-16)21(25)19-7-3-5-15-4-1-2-6-18(15)19/h1-7,16-17H,8-14H2,(H,22,24). The molecule has 0 saturated carbocycles. The number of piperidine rings is 1. The number of sulfone groups is 1. The van der Waals surface area contributed by atoms with Crippen molar-refractivity contribution in [3.05, 3.63) is 48.0 Å². The molecule has 28 heavy (non-hydrogen) atoms. The number of fused-ring (bicyclic) bond motifs is 1. The summed E-state index contributed by atoms with van der Waals surface area (Å²) in [6, 6.07) is 13.3. The number of benzene rings is 2. The lowest BCUT2D eigenvalue weighted by Crippen LogP contribution is -2.45. The molecule has 1 unspecified atom stereocenters. The van der Waals surface area contributed by atoms with E-state index in [1.165, 1.54) is 0 Å². The Hall–Kier alpha value is -2.41. The summed E-state index contributed by atoms with van der Waals surface area (Å²) in [5.41, 5.74) is 0.692. The van der Waals surface area contributed by atoms with Crippen LogP contribution in [0.4, 0.5) is 0 Å². The van der Waals surface area contributed by atoms with Crippen LogP contribution in [0.25, 0.3) is 10.8 Å². The lowest BCUT2D eigenvalue weighted by molar-refractivity contribution is -0.126. The predicted molar refractivity (Wildman–Crippen MR) is 108 cm³/mol. The molecule has 2 heterocycles. The first-order chi connectivity index (χ1) is 13.4. The van der Waals surface area contributed by atoms with Crippen molar-refractivity contribution in [2.75, 3.05) is 24.6 Å². The Kier molecular flexibility index (Phi) is 5.10. The summed E-state index contributed by atoms with van der Waals surface area (Å²) in [5.74, 6) is -0.0654. The topological polar surface area (TPSA) is 83.6 Å². The van der Waals surface area contributed by atoms with Gasteiger partial charge in [-0.15, -0.1) is 0 Å². The van der Waals surface area contributed by atoms with Crippen LogP contribution in [0, 0.1) is 5.92 Å².